The van der Waals surface area contributed by atoms with Gasteiger partial charge in [0.2, 0.25) is 0 Å². The first-order chi connectivity index (χ1) is 3.68. The zero-order valence-corrected chi connectivity index (χ0v) is 5.96. The van der Waals surface area contributed by atoms with Crippen molar-refractivity contribution >= 4 is 16.2 Å². The van der Waals surface area contributed by atoms with Crippen LogP contribution in [0.15, 0.2) is 0 Å². The summed E-state index contributed by atoms with van der Waals surface area (Å²) >= 11 is 0. The molecule has 0 radical (unpaired) electrons. The fourth-order valence-corrected chi connectivity index (χ4v) is 1.17. The van der Waals surface area contributed by atoms with Crippen LogP contribution >= 0.6 is 0 Å². The van der Waals surface area contributed by atoms with Gasteiger partial charge in [0.15, 0.2) is 0 Å². The normalized spacial score (nSPS) is 13.2. The van der Waals surface area contributed by atoms with Gasteiger partial charge in [-0.25, -0.2) is 0 Å². The molecule has 0 spiro atoms. The third kappa shape index (κ3) is 2.91. The van der Waals surface area contributed by atoms with Gasteiger partial charge < -0.3 is 9.90 Å². The van der Waals surface area contributed by atoms with Crippen molar-refractivity contribution in [1.29, 1.82) is 0 Å². The van der Waals surface area contributed by atoms with Crippen LogP contribution < -0.4 is 5.11 Å². The maximum absolute atomic E-state index is 9.99. The van der Waals surface area contributed by atoms with Crippen molar-refractivity contribution in [2.24, 2.45) is 0 Å². The second kappa shape index (κ2) is 3.78. The molecule has 0 bridgehead atoms. The molecular weight excluding hydrogens is 124 g/mol. The van der Waals surface area contributed by atoms with Crippen molar-refractivity contribution in [3.8, 4) is 0 Å². The largest absolute Gasteiger partial charge is 0.504 e. The third-order valence-corrected chi connectivity index (χ3v) is 2.38. The molecule has 3 heteroatoms. The van der Waals surface area contributed by atoms with Gasteiger partial charge in [-0.3, -0.25) is 0 Å². The predicted octanol–water partition coefficient (Wildman–Crippen LogP) is -0.0122. The van der Waals surface area contributed by atoms with Gasteiger partial charge in [0.1, 0.15) is 12.0 Å². The van der Waals surface area contributed by atoms with Crippen molar-refractivity contribution in [1.82, 2.24) is 0 Å². The van der Waals surface area contributed by atoms with Crippen molar-refractivity contribution < 1.29 is 9.90 Å². The number of carbonyl (C=O) groups is 1. The summed E-state index contributed by atoms with van der Waals surface area (Å²) in [6, 6.07) is 0. The van der Waals surface area contributed by atoms with E-state index in [1.54, 1.807) is 6.26 Å². The molecular formula is C5H10O2S. The van der Waals surface area contributed by atoms with E-state index in [4.69, 9.17) is 0 Å². The van der Waals surface area contributed by atoms with E-state index in [1.807, 2.05) is 6.92 Å². The molecule has 0 aromatic rings. The summed E-state index contributed by atoms with van der Waals surface area (Å²) in [6.07, 6.45) is 2.62. The summed E-state index contributed by atoms with van der Waals surface area (Å²) in [6.45, 7) is 1.96. The first-order valence-electron chi connectivity index (χ1n) is 2.52. The summed E-state index contributed by atoms with van der Waals surface area (Å²) in [7, 11) is -0.516. The van der Waals surface area contributed by atoms with Gasteiger partial charge in [-0.15, -0.1) is 0 Å². The molecule has 8 heavy (non-hydrogen) atoms. The van der Waals surface area contributed by atoms with Crippen molar-refractivity contribution in [3.05, 3.63) is 0 Å². The molecule has 48 valence electrons. The Morgan fingerprint density at radius 2 is 2.25 bits per heavy atom. The van der Waals surface area contributed by atoms with Gasteiger partial charge in [-0.05, 0) is 6.42 Å². The van der Waals surface area contributed by atoms with Gasteiger partial charge >= 0.3 is 0 Å². The molecule has 1 unspecified atom stereocenters. The minimum Gasteiger partial charge on any atom is -0.504 e. The van der Waals surface area contributed by atoms with Crippen molar-refractivity contribution in [3.63, 3.8) is 0 Å². The Hall–Kier alpha value is -0.180. The number of hydrogen-bond donors (Lipinski definition) is 0. The topological polar surface area (TPSA) is 40.1 Å². The van der Waals surface area contributed by atoms with Crippen LogP contribution in [-0.4, -0.2) is 17.3 Å². The van der Waals surface area contributed by atoms with Crippen molar-refractivity contribution in [2.45, 2.75) is 13.3 Å². The number of hydrogen-bond acceptors (Lipinski definition) is 2. The highest BCUT2D eigenvalue weighted by atomic mass is 32.2. The highest BCUT2D eigenvalue weighted by molar-refractivity contribution is 8.09. The minimum absolute atomic E-state index is 0.516. The lowest BCUT2D eigenvalue weighted by atomic mass is 10.6. The average Bonchev–Trinajstić information content (AvgIpc) is 1.67. The Bertz CT molecular complexity index is 82.5. The summed E-state index contributed by atoms with van der Waals surface area (Å²) in [5.41, 5.74) is 0. The van der Waals surface area contributed by atoms with E-state index >= 15 is 0 Å². The monoisotopic (exact) mass is 134 g/mol. The average molecular weight is 134 g/mol. The Balaban J connectivity index is 3.32. The quantitative estimate of drug-likeness (QED) is 0.498. The van der Waals surface area contributed by atoms with Crippen molar-refractivity contribution in [2.75, 3.05) is 12.0 Å². The Kier molecular flexibility index (Phi) is 3.69. The first-order valence-corrected chi connectivity index (χ1v) is 4.32. The molecule has 0 aromatic heterocycles. The lowest BCUT2D eigenvalue weighted by Gasteiger charge is -1.97. The highest BCUT2D eigenvalue weighted by Crippen LogP contribution is 1.91. The van der Waals surface area contributed by atoms with E-state index in [1.165, 1.54) is 0 Å². The lowest BCUT2D eigenvalue weighted by Crippen LogP contribution is -2.31. The van der Waals surface area contributed by atoms with Crippen LogP contribution in [0.3, 0.4) is 0 Å². The highest BCUT2D eigenvalue weighted by Gasteiger charge is 2.09. The zero-order valence-electron chi connectivity index (χ0n) is 5.14. The van der Waals surface area contributed by atoms with Gasteiger partial charge in [0, 0.05) is 10.9 Å². The molecule has 2 nitrogen and oxygen atoms in total. The number of carbonyl (C=O) groups excluding carboxylic acids is 1. The Morgan fingerprint density at radius 1 is 1.75 bits per heavy atom. The summed E-state index contributed by atoms with van der Waals surface area (Å²) < 4.78 is 0. The van der Waals surface area contributed by atoms with E-state index in [0.29, 0.717) is 0 Å². The maximum Gasteiger partial charge on any atom is 0.272 e. The van der Waals surface area contributed by atoms with Crippen LogP contribution in [0.2, 0.25) is 0 Å². The summed E-state index contributed by atoms with van der Waals surface area (Å²) in [5.74, 6) is 0.752. The molecule has 1 atom stereocenters. The summed E-state index contributed by atoms with van der Waals surface area (Å²) in [5, 5.41) is 9.08. The minimum atomic E-state index is -0.910. The molecule has 0 heterocycles. The van der Waals surface area contributed by atoms with E-state index in [9.17, 15) is 9.90 Å². The Morgan fingerprint density at radius 3 is 2.38 bits per heavy atom. The molecule has 0 amide bonds. The predicted molar refractivity (Wildman–Crippen MR) is 33.8 cm³/mol. The maximum atomic E-state index is 9.99. The second-order valence-electron chi connectivity index (χ2n) is 1.59. The van der Waals surface area contributed by atoms with Crippen LogP contribution in [0.25, 0.3) is 0 Å². The van der Waals surface area contributed by atoms with E-state index in [2.05, 4.69) is 0 Å². The van der Waals surface area contributed by atoms with Gasteiger partial charge in [0.05, 0.1) is 0 Å². The smallest absolute Gasteiger partial charge is 0.272 e. The van der Waals surface area contributed by atoms with E-state index < -0.39 is 16.2 Å². The van der Waals surface area contributed by atoms with Crippen LogP contribution in [0, 0.1) is 0 Å². The third-order valence-electron chi connectivity index (χ3n) is 0.795. The standard InChI is InChI=1S/C5H10O2S/c1-3-4-8(2)5(6)7/h3-4H2,1-2H3. The van der Waals surface area contributed by atoms with Crippen LogP contribution in [0.1, 0.15) is 13.3 Å². The van der Waals surface area contributed by atoms with Crippen LogP contribution in [0.5, 0.6) is 0 Å². The molecule has 0 saturated heterocycles. The fourth-order valence-electron chi connectivity index (χ4n) is 0.390. The Labute approximate surface area is 52.2 Å². The van der Waals surface area contributed by atoms with Gasteiger partial charge in [-0.2, -0.15) is 0 Å². The second-order valence-corrected chi connectivity index (χ2v) is 3.61. The van der Waals surface area contributed by atoms with Gasteiger partial charge in [-0.1, -0.05) is 6.92 Å². The zero-order chi connectivity index (χ0) is 6.57. The molecule has 0 aliphatic heterocycles. The molecule has 0 aliphatic rings. The van der Waals surface area contributed by atoms with E-state index in [-0.39, 0.29) is 0 Å². The number of rotatable bonds is 2. The molecule has 0 saturated carbocycles. The molecule has 0 aromatic carbocycles. The van der Waals surface area contributed by atoms with Gasteiger partial charge in [0.25, 0.3) is 5.30 Å². The fraction of sp³-hybridized carbons (Fsp3) is 0.800. The molecule has 0 aliphatic carbocycles. The first kappa shape index (κ1) is 7.82. The number of carboxylic acid groups (broad SMARTS) is 1. The van der Waals surface area contributed by atoms with E-state index in [0.717, 1.165) is 12.2 Å². The molecule has 0 N–H and O–H groups in total. The van der Waals surface area contributed by atoms with Crippen LogP contribution in [0.4, 0.5) is 4.79 Å². The molecule has 0 rings (SSSR count). The summed E-state index contributed by atoms with van der Waals surface area (Å²) in [4.78, 5) is 9.99. The SMILES string of the molecule is CCC[S+](C)C(=O)[O-]. The van der Waals surface area contributed by atoms with Crippen LogP contribution in [-0.2, 0) is 10.9 Å². The lowest BCUT2D eigenvalue weighted by molar-refractivity contribution is -0.233. The molecule has 0 fully saturated rings.